The molecule has 4 rings (SSSR count). The zero-order valence-electron chi connectivity index (χ0n) is 14.8. The molecule has 0 saturated carbocycles. The second kappa shape index (κ2) is 7.03. The molecule has 0 aliphatic heterocycles. The van der Waals surface area contributed by atoms with Gasteiger partial charge in [-0.2, -0.15) is 13.2 Å². The van der Waals surface area contributed by atoms with Crippen LogP contribution in [0.3, 0.4) is 0 Å². The van der Waals surface area contributed by atoms with Crippen molar-refractivity contribution in [2.75, 3.05) is 0 Å². The maximum atomic E-state index is 13.0. The van der Waals surface area contributed by atoms with Crippen LogP contribution in [0.2, 0.25) is 0 Å². The molecule has 0 amide bonds. The van der Waals surface area contributed by atoms with Crippen LogP contribution in [-0.2, 0) is 19.1 Å². The highest BCUT2D eigenvalue weighted by Crippen LogP contribution is 2.32. The number of rotatable bonds is 4. The predicted octanol–water partition coefficient (Wildman–Crippen LogP) is 5.26. The van der Waals surface area contributed by atoms with Gasteiger partial charge in [-0.1, -0.05) is 48.5 Å². The molecule has 0 radical (unpaired) electrons. The van der Waals surface area contributed by atoms with Crippen LogP contribution in [0.25, 0.3) is 22.2 Å². The van der Waals surface area contributed by atoms with E-state index in [0.29, 0.717) is 29.6 Å². The average Bonchev–Trinajstić information content (AvgIpc) is 3.01. The quantitative estimate of drug-likeness (QED) is 0.514. The van der Waals surface area contributed by atoms with E-state index in [0.717, 1.165) is 23.2 Å². The van der Waals surface area contributed by atoms with Crippen LogP contribution in [0, 0.1) is 0 Å². The number of aryl methyl sites for hydroxylation is 2. The van der Waals surface area contributed by atoms with Crippen LogP contribution in [0.4, 0.5) is 13.2 Å². The summed E-state index contributed by atoms with van der Waals surface area (Å²) in [4.78, 5) is 15.2. The van der Waals surface area contributed by atoms with Gasteiger partial charge < -0.3 is 4.98 Å². The second-order valence-electron chi connectivity index (χ2n) is 6.63. The fourth-order valence-electron chi connectivity index (χ4n) is 3.33. The Bertz CT molecular complexity index is 1170. The zero-order chi connectivity index (χ0) is 19.7. The summed E-state index contributed by atoms with van der Waals surface area (Å²) in [5.74, 6) is 0. The van der Waals surface area contributed by atoms with Gasteiger partial charge in [-0.3, -0.25) is 4.57 Å². The average molecular weight is 382 g/mol. The van der Waals surface area contributed by atoms with E-state index in [4.69, 9.17) is 0 Å². The van der Waals surface area contributed by atoms with Gasteiger partial charge in [0.05, 0.1) is 16.6 Å². The molecule has 1 N–H and O–H groups in total. The van der Waals surface area contributed by atoms with Crippen LogP contribution in [-0.4, -0.2) is 9.55 Å². The molecule has 0 fully saturated rings. The first-order chi connectivity index (χ1) is 13.4. The molecular weight excluding hydrogens is 365 g/mol. The standard InChI is InChI=1S/C22H17F3N2O/c23-22(24,25)18-8-4-7-16(13-18)17-9-10-20-19(14-17)26-21(28)27(20)12-11-15-5-2-1-3-6-15/h1-10,13-14H,11-12H2,(H,26,28). The summed E-state index contributed by atoms with van der Waals surface area (Å²) in [6.07, 6.45) is -3.68. The largest absolute Gasteiger partial charge is 0.416 e. The molecule has 1 heterocycles. The minimum atomic E-state index is -4.39. The van der Waals surface area contributed by atoms with E-state index in [-0.39, 0.29) is 5.69 Å². The van der Waals surface area contributed by atoms with Gasteiger partial charge in [0.15, 0.2) is 0 Å². The number of imidazole rings is 1. The number of hydrogen-bond acceptors (Lipinski definition) is 1. The minimum absolute atomic E-state index is 0.230. The van der Waals surface area contributed by atoms with Gasteiger partial charge in [0, 0.05) is 6.54 Å². The van der Waals surface area contributed by atoms with Crippen LogP contribution >= 0.6 is 0 Å². The Morgan fingerprint density at radius 3 is 2.36 bits per heavy atom. The highest BCUT2D eigenvalue weighted by molar-refractivity contribution is 5.82. The van der Waals surface area contributed by atoms with Crippen LogP contribution in [0.15, 0.2) is 77.6 Å². The van der Waals surface area contributed by atoms with E-state index in [1.54, 1.807) is 28.8 Å². The van der Waals surface area contributed by atoms with Gasteiger partial charge >= 0.3 is 11.9 Å². The Morgan fingerprint density at radius 2 is 1.61 bits per heavy atom. The summed E-state index contributed by atoms with van der Waals surface area (Å²) in [7, 11) is 0. The summed E-state index contributed by atoms with van der Waals surface area (Å²) in [6.45, 7) is 0.520. The summed E-state index contributed by atoms with van der Waals surface area (Å²) >= 11 is 0. The number of nitrogens with one attached hydrogen (secondary N) is 1. The maximum Gasteiger partial charge on any atom is 0.416 e. The molecule has 0 unspecified atom stereocenters. The second-order valence-corrected chi connectivity index (χ2v) is 6.63. The molecule has 0 saturated heterocycles. The highest BCUT2D eigenvalue weighted by Gasteiger charge is 2.30. The third kappa shape index (κ3) is 3.58. The van der Waals surface area contributed by atoms with E-state index >= 15 is 0 Å². The molecular formula is C22H17F3N2O. The Labute approximate surface area is 159 Å². The third-order valence-corrected chi connectivity index (χ3v) is 4.76. The molecule has 4 aromatic rings. The van der Waals surface area contributed by atoms with Crippen molar-refractivity contribution in [3.63, 3.8) is 0 Å². The van der Waals surface area contributed by atoms with Crippen LogP contribution < -0.4 is 5.69 Å². The number of nitrogens with zero attached hydrogens (tertiary/aromatic N) is 1. The van der Waals surface area contributed by atoms with E-state index in [1.165, 1.54) is 6.07 Å². The lowest BCUT2D eigenvalue weighted by atomic mass is 10.0. The smallest absolute Gasteiger partial charge is 0.306 e. The maximum absolute atomic E-state index is 13.0. The van der Waals surface area contributed by atoms with Gasteiger partial charge in [0.1, 0.15) is 0 Å². The summed E-state index contributed by atoms with van der Waals surface area (Å²) in [6, 6.07) is 20.3. The lowest BCUT2D eigenvalue weighted by Crippen LogP contribution is -2.17. The molecule has 0 aliphatic rings. The van der Waals surface area contributed by atoms with E-state index in [1.807, 2.05) is 30.3 Å². The first-order valence-electron chi connectivity index (χ1n) is 8.86. The molecule has 1 aromatic heterocycles. The molecule has 6 heteroatoms. The fourth-order valence-corrected chi connectivity index (χ4v) is 3.33. The Morgan fingerprint density at radius 1 is 0.857 bits per heavy atom. The van der Waals surface area contributed by atoms with E-state index < -0.39 is 11.7 Å². The van der Waals surface area contributed by atoms with Crippen molar-refractivity contribution in [1.29, 1.82) is 0 Å². The Kier molecular flexibility index (Phi) is 4.55. The molecule has 0 atom stereocenters. The number of benzene rings is 3. The number of hydrogen-bond donors (Lipinski definition) is 1. The van der Waals surface area contributed by atoms with Crippen molar-refractivity contribution in [2.24, 2.45) is 0 Å². The van der Waals surface area contributed by atoms with Crippen LogP contribution in [0.5, 0.6) is 0 Å². The van der Waals surface area contributed by atoms with E-state index in [2.05, 4.69) is 4.98 Å². The molecule has 3 nitrogen and oxygen atoms in total. The van der Waals surface area contributed by atoms with Crippen molar-refractivity contribution in [2.45, 2.75) is 19.1 Å². The lowest BCUT2D eigenvalue weighted by molar-refractivity contribution is -0.137. The third-order valence-electron chi connectivity index (χ3n) is 4.76. The number of halogens is 3. The molecule has 3 aromatic carbocycles. The van der Waals surface area contributed by atoms with E-state index in [9.17, 15) is 18.0 Å². The summed E-state index contributed by atoms with van der Waals surface area (Å²) < 4.78 is 40.6. The summed E-state index contributed by atoms with van der Waals surface area (Å²) in [5.41, 5.74) is 2.62. The molecule has 0 spiro atoms. The molecule has 0 bridgehead atoms. The Balaban J connectivity index is 1.67. The highest BCUT2D eigenvalue weighted by atomic mass is 19.4. The van der Waals surface area contributed by atoms with Gasteiger partial charge in [-0.25, -0.2) is 4.79 Å². The number of aromatic nitrogens is 2. The predicted molar refractivity (Wildman–Crippen MR) is 103 cm³/mol. The van der Waals surface area contributed by atoms with Crippen molar-refractivity contribution in [1.82, 2.24) is 9.55 Å². The van der Waals surface area contributed by atoms with Crippen molar-refractivity contribution in [3.05, 3.63) is 94.4 Å². The molecule has 0 aliphatic carbocycles. The molecule has 28 heavy (non-hydrogen) atoms. The number of alkyl halides is 3. The molecule has 142 valence electrons. The van der Waals surface area contributed by atoms with Crippen molar-refractivity contribution < 1.29 is 13.2 Å². The fraction of sp³-hybridized carbons (Fsp3) is 0.136. The van der Waals surface area contributed by atoms with Crippen LogP contribution in [0.1, 0.15) is 11.1 Å². The number of fused-ring (bicyclic) bond motifs is 1. The van der Waals surface area contributed by atoms with Crippen molar-refractivity contribution in [3.8, 4) is 11.1 Å². The Hall–Kier alpha value is -3.28. The zero-order valence-corrected chi connectivity index (χ0v) is 14.8. The van der Waals surface area contributed by atoms with Gasteiger partial charge in [0.25, 0.3) is 0 Å². The van der Waals surface area contributed by atoms with Gasteiger partial charge in [-0.15, -0.1) is 0 Å². The topological polar surface area (TPSA) is 37.8 Å². The minimum Gasteiger partial charge on any atom is -0.306 e. The normalized spacial score (nSPS) is 11.8. The number of aromatic amines is 1. The number of H-pyrrole nitrogens is 1. The van der Waals surface area contributed by atoms with Crippen molar-refractivity contribution >= 4 is 11.0 Å². The SMILES string of the molecule is O=c1[nH]c2cc(-c3cccc(C(F)(F)F)c3)ccc2n1CCc1ccccc1. The van der Waals surface area contributed by atoms with Gasteiger partial charge in [0.2, 0.25) is 0 Å². The summed E-state index contributed by atoms with van der Waals surface area (Å²) in [5, 5.41) is 0. The first kappa shape index (κ1) is 18.1. The monoisotopic (exact) mass is 382 g/mol. The van der Waals surface area contributed by atoms with Gasteiger partial charge in [-0.05, 0) is 47.4 Å². The first-order valence-corrected chi connectivity index (χ1v) is 8.86. The lowest BCUT2D eigenvalue weighted by Gasteiger charge is -2.09.